The van der Waals surface area contributed by atoms with Gasteiger partial charge in [-0.15, -0.1) is 11.3 Å². The van der Waals surface area contributed by atoms with Gasteiger partial charge in [-0.05, 0) is 40.2 Å². The van der Waals surface area contributed by atoms with Crippen LogP contribution in [0.3, 0.4) is 0 Å². The van der Waals surface area contributed by atoms with E-state index in [9.17, 15) is 28.0 Å². The van der Waals surface area contributed by atoms with Crippen LogP contribution >= 0.6 is 27.3 Å². The maximum absolute atomic E-state index is 12.6. The SMILES string of the molecule is CNC(=O)c1c(NC(=O)c2ccc(Br)s2)[nH]c2cc(N)c(N(O)CC(F)(F)F)cc12. The zero-order valence-corrected chi connectivity index (χ0v) is 17.6. The topological polar surface area (TPSA) is 123 Å². The van der Waals surface area contributed by atoms with Gasteiger partial charge in [-0.1, -0.05) is 0 Å². The lowest BCUT2D eigenvalue weighted by Crippen LogP contribution is -2.31. The zero-order chi connectivity index (χ0) is 22.2. The van der Waals surface area contributed by atoms with Crippen molar-refractivity contribution in [3.63, 3.8) is 0 Å². The molecule has 0 saturated heterocycles. The number of nitrogens with two attached hydrogens (primary N) is 1. The second kappa shape index (κ2) is 8.16. The van der Waals surface area contributed by atoms with Crippen LogP contribution in [-0.4, -0.2) is 41.8 Å². The predicted molar refractivity (Wildman–Crippen MR) is 111 cm³/mol. The van der Waals surface area contributed by atoms with Gasteiger partial charge in [0.2, 0.25) is 0 Å². The average molecular weight is 506 g/mol. The van der Waals surface area contributed by atoms with Crippen molar-refractivity contribution < 1.29 is 28.0 Å². The molecule has 0 atom stereocenters. The summed E-state index contributed by atoms with van der Waals surface area (Å²) in [7, 11) is 1.36. The number of nitrogen functional groups attached to an aromatic ring is 1. The number of benzene rings is 1. The van der Waals surface area contributed by atoms with E-state index in [0.717, 1.165) is 9.85 Å². The van der Waals surface area contributed by atoms with E-state index in [4.69, 9.17) is 5.73 Å². The van der Waals surface area contributed by atoms with Crippen LogP contribution in [0.2, 0.25) is 0 Å². The summed E-state index contributed by atoms with van der Waals surface area (Å²) in [5, 5.41) is 15.0. The van der Waals surface area contributed by atoms with Gasteiger partial charge in [0, 0.05) is 12.4 Å². The number of aromatic amines is 1. The van der Waals surface area contributed by atoms with Gasteiger partial charge >= 0.3 is 6.18 Å². The molecule has 0 aliphatic rings. The fraction of sp³-hybridized carbons (Fsp3) is 0.176. The van der Waals surface area contributed by atoms with Gasteiger partial charge in [-0.3, -0.25) is 14.8 Å². The summed E-state index contributed by atoms with van der Waals surface area (Å²) in [6.45, 7) is -1.65. The zero-order valence-electron chi connectivity index (χ0n) is 15.2. The molecule has 2 aromatic heterocycles. The van der Waals surface area contributed by atoms with Crippen molar-refractivity contribution >= 4 is 67.2 Å². The van der Waals surface area contributed by atoms with Crippen molar-refractivity contribution in [2.45, 2.75) is 6.18 Å². The van der Waals surface area contributed by atoms with E-state index in [0.29, 0.717) is 4.88 Å². The standard InChI is InChI=1S/C17H15BrF3N5O3S/c1-23-16(28)13-7-4-10(26(29)6-17(19,20)21)8(22)5-9(7)24-14(13)25-15(27)11-2-3-12(18)30-11/h2-5,24,29H,6,22H2,1H3,(H,23,28)(H,25,27). The first kappa shape index (κ1) is 21.9. The molecular formula is C17H15BrF3N5O3S. The van der Waals surface area contributed by atoms with Crippen LogP contribution in [0.15, 0.2) is 28.1 Å². The third-order valence-electron chi connectivity index (χ3n) is 4.04. The number of carbonyl (C=O) groups is 2. The molecule has 3 rings (SSSR count). The summed E-state index contributed by atoms with van der Waals surface area (Å²) >= 11 is 4.44. The normalized spacial score (nSPS) is 11.5. The number of hydrogen-bond acceptors (Lipinski definition) is 6. The quantitative estimate of drug-likeness (QED) is 0.265. The van der Waals surface area contributed by atoms with Gasteiger partial charge in [0.15, 0.2) is 0 Å². The Kier molecular flexibility index (Phi) is 5.97. The molecule has 0 spiro atoms. The maximum atomic E-state index is 12.6. The second-order valence-corrected chi connectivity index (χ2v) is 8.60. The fourth-order valence-corrected chi connectivity index (χ4v) is 4.07. The summed E-state index contributed by atoms with van der Waals surface area (Å²) in [6, 6.07) is 5.69. The van der Waals surface area contributed by atoms with E-state index in [1.54, 1.807) is 12.1 Å². The number of hydrogen-bond donors (Lipinski definition) is 5. The predicted octanol–water partition coefficient (Wildman–Crippen LogP) is 3.94. The molecule has 0 fully saturated rings. The van der Waals surface area contributed by atoms with E-state index in [2.05, 4.69) is 31.5 Å². The first-order valence-corrected chi connectivity index (χ1v) is 9.88. The number of thiophene rings is 1. The molecule has 0 aliphatic carbocycles. The number of carbonyl (C=O) groups excluding carboxylic acids is 2. The van der Waals surface area contributed by atoms with E-state index < -0.39 is 24.5 Å². The van der Waals surface area contributed by atoms with Gasteiger partial charge < -0.3 is 21.4 Å². The monoisotopic (exact) mass is 505 g/mol. The Labute approximate surface area is 179 Å². The smallest absolute Gasteiger partial charge is 0.397 e. The third kappa shape index (κ3) is 4.52. The largest absolute Gasteiger partial charge is 0.408 e. The first-order chi connectivity index (χ1) is 14.0. The minimum absolute atomic E-state index is 0.0156. The van der Waals surface area contributed by atoms with Crippen molar-refractivity contribution in [1.82, 2.24) is 10.3 Å². The van der Waals surface area contributed by atoms with E-state index >= 15 is 0 Å². The number of H-pyrrole nitrogens is 1. The highest BCUT2D eigenvalue weighted by Crippen LogP contribution is 2.35. The number of aromatic nitrogens is 1. The minimum atomic E-state index is -4.67. The lowest BCUT2D eigenvalue weighted by Gasteiger charge is -2.20. The molecule has 2 amide bonds. The van der Waals surface area contributed by atoms with Crippen LogP contribution in [0.25, 0.3) is 10.9 Å². The molecule has 0 saturated carbocycles. The van der Waals surface area contributed by atoms with Gasteiger partial charge in [-0.2, -0.15) is 13.2 Å². The molecule has 160 valence electrons. The lowest BCUT2D eigenvalue weighted by atomic mass is 10.1. The number of amides is 2. The number of halogens is 4. The molecule has 2 heterocycles. The Morgan fingerprint density at radius 3 is 2.57 bits per heavy atom. The minimum Gasteiger partial charge on any atom is -0.397 e. The summed E-state index contributed by atoms with van der Waals surface area (Å²) < 4.78 is 38.7. The van der Waals surface area contributed by atoms with Crippen molar-refractivity contribution in [3.8, 4) is 0 Å². The van der Waals surface area contributed by atoms with Crippen molar-refractivity contribution in [1.29, 1.82) is 0 Å². The van der Waals surface area contributed by atoms with E-state index in [1.807, 2.05) is 0 Å². The van der Waals surface area contributed by atoms with Crippen molar-refractivity contribution in [2.75, 3.05) is 29.7 Å². The van der Waals surface area contributed by atoms with Crippen molar-refractivity contribution in [2.24, 2.45) is 0 Å². The highest BCUT2D eigenvalue weighted by atomic mass is 79.9. The molecule has 6 N–H and O–H groups in total. The van der Waals surface area contributed by atoms with E-state index in [1.165, 1.54) is 24.5 Å². The van der Waals surface area contributed by atoms with E-state index in [-0.39, 0.29) is 38.7 Å². The molecule has 8 nitrogen and oxygen atoms in total. The number of rotatable bonds is 5. The highest BCUT2D eigenvalue weighted by molar-refractivity contribution is 9.11. The maximum Gasteiger partial charge on any atom is 0.408 e. The molecule has 0 aliphatic heterocycles. The summed E-state index contributed by atoms with van der Waals surface area (Å²) in [5.74, 6) is -1.05. The first-order valence-electron chi connectivity index (χ1n) is 8.27. The Morgan fingerprint density at radius 1 is 1.30 bits per heavy atom. The molecule has 13 heteroatoms. The summed E-state index contributed by atoms with van der Waals surface area (Å²) in [6.07, 6.45) is -4.67. The van der Waals surface area contributed by atoms with Crippen LogP contribution in [0.5, 0.6) is 0 Å². The molecule has 0 unspecified atom stereocenters. The van der Waals surface area contributed by atoms with Crippen LogP contribution in [0.4, 0.5) is 30.4 Å². The molecular weight excluding hydrogens is 491 g/mol. The molecule has 30 heavy (non-hydrogen) atoms. The van der Waals surface area contributed by atoms with Gasteiger partial charge in [0.1, 0.15) is 12.4 Å². The fourth-order valence-electron chi connectivity index (χ4n) is 2.79. The summed E-state index contributed by atoms with van der Waals surface area (Å²) in [4.78, 5) is 28.2. The lowest BCUT2D eigenvalue weighted by molar-refractivity contribution is -0.129. The van der Waals surface area contributed by atoms with Gasteiger partial charge in [0.25, 0.3) is 11.8 Å². The highest BCUT2D eigenvalue weighted by Gasteiger charge is 2.32. The average Bonchev–Trinajstić information content (AvgIpc) is 3.21. The van der Waals surface area contributed by atoms with Gasteiger partial charge in [-0.25, -0.2) is 5.06 Å². The van der Waals surface area contributed by atoms with Crippen LogP contribution in [0.1, 0.15) is 20.0 Å². The molecule has 1 aromatic carbocycles. The molecule has 0 bridgehead atoms. The number of nitrogens with zero attached hydrogens (tertiary/aromatic N) is 1. The third-order valence-corrected chi connectivity index (χ3v) is 5.67. The van der Waals surface area contributed by atoms with Gasteiger partial charge in [0.05, 0.1) is 31.1 Å². The Bertz CT molecular complexity index is 1130. The second-order valence-electron chi connectivity index (χ2n) is 6.14. The number of fused-ring (bicyclic) bond motifs is 1. The van der Waals surface area contributed by atoms with Crippen LogP contribution < -0.4 is 21.4 Å². The molecule has 0 radical (unpaired) electrons. The van der Waals surface area contributed by atoms with Crippen LogP contribution in [-0.2, 0) is 0 Å². The number of anilines is 3. The Balaban J connectivity index is 2.07. The number of nitrogens with one attached hydrogen (secondary N) is 3. The Hall–Kier alpha value is -2.77. The van der Waals surface area contributed by atoms with Crippen molar-refractivity contribution in [3.05, 3.63) is 38.5 Å². The summed E-state index contributed by atoms with van der Waals surface area (Å²) in [5.41, 5.74) is 5.58. The number of hydroxylamine groups is 1. The molecule has 3 aromatic rings. The number of alkyl halides is 3. The van der Waals surface area contributed by atoms with Crippen LogP contribution in [0, 0.1) is 0 Å². The Morgan fingerprint density at radius 2 is 2.00 bits per heavy atom.